The molecule has 154 valence electrons. The smallest absolute Gasteiger partial charge is 0.264 e. The highest BCUT2D eigenvalue weighted by atomic mass is 32.2. The fourth-order valence-electron chi connectivity index (χ4n) is 3.66. The van der Waals surface area contributed by atoms with Crippen LogP contribution in [-0.4, -0.2) is 27.5 Å². The van der Waals surface area contributed by atoms with Crippen molar-refractivity contribution in [2.45, 2.75) is 18.7 Å². The molecule has 4 rings (SSSR count). The van der Waals surface area contributed by atoms with E-state index in [1.807, 2.05) is 19.1 Å². The number of amides is 1. The zero-order chi connectivity index (χ0) is 21.3. The van der Waals surface area contributed by atoms with Crippen molar-refractivity contribution in [3.05, 3.63) is 72.3 Å². The molecular formula is C23H22N2O4S. The molecule has 30 heavy (non-hydrogen) atoms. The lowest BCUT2D eigenvalue weighted by Crippen LogP contribution is -2.34. The van der Waals surface area contributed by atoms with Gasteiger partial charge in [-0.15, -0.1) is 0 Å². The predicted molar refractivity (Wildman–Crippen MR) is 118 cm³/mol. The number of nitrogens with one attached hydrogen (secondary N) is 1. The number of para-hydroxylation sites is 2. The molecule has 1 amide bonds. The molecule has 1 heterocycles. The average molecular weight is 423 g/mol. The van der Waals surface area contributed by atoms with Crippen LogP contribution in [0.1, 0.15) is 24.2 Å². The second-order valence-electron chi connectivity index (χ2n) is 6.78. The van der Waals surface area contributed by atoms with Crippen LogP contribution in [0.3, 0.4) is 0 Å². The van der Waals surface area contributed by atoms with Crippen LogP contribution >= 0.6 is 0 Å². The van der Waals surface area contributed by atoms with Gasteiger partial charge in [0.15, 0.2) is 0 Å². The number of hydrogen-bond donors (Lipinski definition) is 1. The zero-order valence-corrected chi connectivity index (χ0v) is 17.6. The quantitative estimate of drug-likeness (QED) is 0.655. The maximum Gasteiger partial charge on any atom is 0.264 e. The number of carbonyl (C=O) groups is 1. The minimum absolute atomic E-state index is 0.249. The van der Waals surface area contributed by atoms with Gasteiger partial charge in [0.2, 0.25) is 0 Å². The van der Waals surface area contributed by atoms with E-state index in [2.05, 4.69) is 5.32 Å². The van der Waals surface area contributed by atoms with Crippen molar-refractivity contribution in [2.75, 3.05) is 22.8 Å². The summed E-state index contributed by atoms with van der Waals surface area (Å²) in [6.45, 7) is 4.47. The molecule has 1 aliphatic heterocycles. The van der Waals surface area contributed by atoms with Crippen LogP contribution in [0.5, 0.6) is 5.75 Å². The Morgan fingerprint density at radius 2 is 1.70 bits per heavy atom. The molecule has 0 aliphatic carbocycles. The van der Waals surface area contributed by atoms with Gasteiger partial charge in [0.25, 0.3) is 15.9 Å². The largest absolute Gasteiger partial charge is 0.492 e. The molecule has 0 saturated heterocycles. The minimum atomic E-state index is -3.62. The van der Waals surface area contributed by atoms with Gasteiger partial charge in [0.05, 0.1) is 22.9 Å². The molecule has 6 nitrogen and oxygen atoms in total. The number of hydrogen-bond acceptors (Lipinski definition) is 4. The molecule has 1 N–H and O–H groups in total. The summed E-state index contributed by atoms with van der Waals surface area (Å²) in [7, 11) is -3.62. The van der Waals surface area contributed by atoms with Crippen molar-refractivity contribution in [3.8, 4) is 16.9 Å². The van der Waals surface area contributed by atoms with Crippen LogP contribution < -0.4 is 14.4 Å². The number of carbonyl (C=O) groups excluding carboxylic acids is 1. The Morgan fingerprint density at radius 1 is 0.967 bits per heavy atom. The van der Waals surface area contributed by atoms with Gasteiger partial charge in [-0.2, -0.15) is 0 Å². The lowest BCUT2D eigenvalue weighted by atomic mass is 10.00. The predicted octanol–water partition coefficient (Wildman–Crippen LogP) is 4.53. The third-order valence-electron chi connectivity index (χ3n) is 5.00. The van der Waals surface area contributed by atoms with Crippen molar-refractivity contribution in [1.82, 2.24) is 0 Å². The fraction of sp³-hybridized carbons (Fsp3) is 0.174. The fourth-order valence-corrected chi connectivity index (χ4v) is 5.36. The molecular weight excluding hydrogens is 400 g/mol. The summed E-state index contributed by atoms with van der Waals surface area (Å²) in [5.74, 6) is 0.304. The molecule has 0 unspecified atom stereocenters. The molecule has 1 aliphatic rings. The Labute approximate surface area is 176 Å². The van der Waals surface area contributed by atoms with Gasteiger partial charge in [-0.1, -0.05) is 30.3 Å². The summed E-state index contributed by atoms with van der Waals surface area (Å²) in [5, 5.41) is 2.89. The first-order valence-corrected chi connectivity index (χ1v) is 11.2. The molecule has 0 atom stereocenters. The van der Waals surface area contributed by atoms with E-state index in [1.165, 1.54) is 4.31 Å². The number of ether oxygens (including phenoxy) is 1. The Hall–Kier alpha value is -3.32. The summed E-state index contributed by atoms with van der Waals surface area (Å²) >= 11 is 0. The first kappa shape index (κ1) is 20.0. The standard InChI is InChI=1S/C23H22N2O4S/c1-3-25-20-14-13-16(23(26)24-19-10-6-7-11-21(19)29-4-2)15-18(20)17-9-5-8-12-22(17)30(25,27)28/h5-15H,3-4H2,1-2H3,(H,24,26). The SMILES string of the molecule is CCOc1ccccc1NC(=O)c1ccc2c(c1)-c1ccccc1S(=O)(=O)N2CC. The van der Waals surface area contributed by atoms with E-state index < -0.39 is 10.0 Å². The summed E-state index contributed by atoms with van der Waals surface area (Å²) in [6, 6.07) is 19.2. The highest BCUT2D eigenvalue weighted by molar-refractivity contribution is 7.93. The Morgan fingerprint density at radius 3 is 2.47 bits per heavy atom. The lowest BCUT2D eigenvalue weighted by Gasteiger charge is -2.31. The number of benzene rings is 3. The van der Waals surface area contributed by atoms with Crippen molar-refractivity contribution in [2.24, 2.45) is 0 Å². The van der Waals surface area contributed by atoms with Crippen LogP contribution in [0, 0.1) is 0 Å². The molecule has 0 fully saturated rings. The van der Waals surface area contributed by atoms with Crippen LogP contribution in [0.4, 0.5) is 11.4 Å². The van der Waals surface area contributed by atoms with Crippen LogP contribution in [0.15, 0.2) is 71.6 Å². The third kappa shape index (κ3) is 3.31. The van der Waals surface area contributed by atoms with Gasteiger partial charge < -0.3 is 10.1 Å². The topological polar surface area (TPSA) is 75.7 Å². The second-order valence-corrected chi connectivity index (χ2v) is 8.61. The van der Waals surface area contributed by atoms with Crippen molar-refractivity contribution in [3.63, 3.8) is 0 Å². The van der Waals surface area contributed by atoms with Gasteiger partial charge in [-0.05, 0) is 50.2 Å². The van der Waals surface area contributed by atoms with Crippen molar-refractivity contribution in [1.29, 1.82) is 0 Å². The number of fused-ring (bicyclic) bond motifs is 3. The molecule has 0 spiro atoms. The van der Waals surface area contributed by atoms with Crippen molar-refractivity contribution < 1.29 is 17.9 Å². The summed E-state index contributed by atoms with van der Waals surface area (Å²) in [4.78, 5) is 13.2. The van der Waals surface area contributed by atoms with Crippen LogP contribution in [-0.2, 0) is 10.0 Å². The number of sulfonamides is 1. The van der Waals surface area contributed by atoms with Gasteiger partial charge in [-0.3, -0.25) is 9.10 Å². The maximum atomic E-state index is 13.0. The summed E-state index contributed by atoms with van der Waals surface area (Å²) < 4.78 is 32.9. The van der Waals surface area contributed by atoms with Gasteiger partial charge in [-0.25, -0.2) is 8.42 Å². The molecule has 0 bridgehead atoms. The first-order valence-electron chi connectivity index (χ1n) is 9.76. The Balaban J connectivity index is 1.76. The molecule has 0 radical (unpaired) electrons. The number of anilines is 2. The van der Waals surface area contributed by atoms with Gasteiger partial charge in [0.1, 0.15) is 5.75 Å². The van der Waals surface area contributed by atoms with Gasteiger partial charge >= 0.3 is 0 Å². The average Bonchev–Trinajstić information content (AvgIpc) is 2.75. The zero-order valence-electron chi connectivity index (χ0n) is 16.8. The maximum absolute atomic E-state index is 13.0. The third-order valence-corrected chi connectivity index (χ3v) is 6.94. The number of rotatable bonds is 5. The molecule has 3 aromatic rings. The van der Waals surface area contributed by atoms with E-state index in [4.69, 9.17) is 4.74 Å². The van der Waals surface area contributed by atoms with Crippen molar-refractivity contribution >= 4 is 27.3 Å². The van der Waals surface area contributed by atoms with Crippen LogP contribution in [0.25, 0.3) is 11.1 Å². The normalized spacial score (nSPS) is 13.9. The Bertz CT molecular complexity index is 1220. The van der Waals surface area contributed by atoms with Crippen LogP contribution in [0.2, 0.25) is 0 Å². The molecule has 7 heteroatoms. The van der Waals surface area contributed by atoms with E-state index in [0.717, 1.165) is 0 Å². The minimum Gasteiger partial charge on any atom is -0.492 e. The van der Waals surface area contributed by atoms with E-state index in [9.17, 15) is 13.2 Å². The van der Waals surface area contributed by atoms with E-state index in [0.29, 0.717) is 47.0 Å². The highest BCUT2D eigenvalue weighted by Crippen LogP contribution is 2.43. The van der Waals surface area contributed by atoms with E-state index in [1.54, 1.807) is 61.5 Å². The Kier molecular flexibility index (Phi) is 5.22. The molecule has 0 aromatic heterocycles. The summed E-state index contributed by atoms with van der Waals surface area (Å²) in [6.07, 6.45) is 0. The second kappa shape index (κ2) is 7.84. The molecule has 0 saturated carbocycles. The van der Waals surface area contributed by atoms with E-state index in [-0.39, 0.29) is 10.8 Å². The van der Waals surface area contributed by atoms with Gasteiger partial charge in [0, 0.05) is 23.2 Å². The summed E-state index contributed by atoms with van der Waals surface area (Å²) in [5.41, 5.74) is 2.91. The highest BCUT2D eigenvalue weighted by Gasteiger charge is 2.34. The number of nitrogens with zero attached hydrogens (tertiary/aromatic N) is 1. The first-order chi connectivity index (χ1) is 14.5. The lowest BCUT2D eigenvalue weighted by molar-refractivity contribution is 0.102. The molecule has 3 aromatic carbocycles. The van der Waals surface area contributed by atoms with E-state index >= 15 is 0 Å². The monoisotopic (exact) mass is 422 g/mol.